The molecule has 0 rings (SSSR count). The van der Waals surface area contributed by atoms with Gasteiger partial charge in [-0.2, -0.15) is 0 Å². The summed E-state index contributed by atoms with van der Waals surface area (Å²) < 4.78 is 33.3. The predicted molar refractivity (Wildman–Crippen MR) is 229 cm³/mol. The molecule has 314 valence electrons. The molecule has 55 heavy (non-hydrogen) atoms. The average molecular weight is 790 g/mol. The van der Waals surface area contributed by atoms with E-state index in [1.54, 1.807) is 4.90 Å². The van der Waals surface area contributed by atoms with Crippen molar-refractivity contribution in [2.24, 2.45) is 0 Å². The Morgan fingerprint density at radius 1 is 0.582 bits per heavy atom. The highest BCUT2D eigenvalue weighted by molar-refractivity contribution is 7.47. The van der Waals surface area contributed by atoms with Gasteiger partial charge >= 0.3 is 19.8 Å². The molecule has 0 aliphatic heterocycles. The first-order valence-electron chi connectivity index (χ1n) is 20.9. The van der Waals surface area contributed by atoms with Gasteiger partial charge in [0.15, 0.2) is 6.10 Å². The summed E-state index contributed by atoms with van der Waals surface area (Å²) in [6.45, 7) is 4.06. The Bertz CT molecular complexity index is 1190. The number of hydrogen-bond donors (Lipinski definition) is 1. The van der Waals surface area contributed by atoms with Crippen molar-refractivity contribution in [3.8, 4) is 0 Å². The molecule has 0 aromatic rings. The number of ether oxygens (including phenoxy) is 2. The van der Waals surface area contributed by atoms with Crippen molar-refractivity contribution in [2.75, 3.05) is 40.5 Å². The van der Waals surface area contributed by atoms with E-state index in [0.29, 0.717) is 25.8 Å². The van der Waals surface area contributed by atoms with E-state index < -0.39 is 32.5 Å². The molecule has 1 N–H and O–H groups in total. The molecule has 0 aromatic carbocycles. The smallest absolute Gasteiger partial charge is 0.462 e. The SMILES string of the molecule is CC/C=C\C/C=C\C/C=C\C/C=C\CCCCC(=O)OCC(COP(=O)(O)OCCN(C)C)OC(=O)CCC/C=C\C/C=C\C/C=C\CCCCCCCC. The van der Waals surface area contributed by atoms with Crippen LogP contribution >= 0.6 is 7.82 Å². The molecule has 0 radical (unpaired) electrons. The maximum atomic E-state index is 12.6. The molecule has 0 bridgehead atoms. The number of phosphoric ester groups is 1. The summed E-state index contributed by atoms with van der Waals surface area (Å²) in [6.07, 6.45) is 47.9. The Morgan fingerprint density at radius 2 is 1.05 bits per heavy atom. The topological polar surface area (TPSA) is 112 Å². The molecule has 0 aliphatic carbocycles. The average Bonchev–Trinajstić information content (AvgIpc) is 3.15. The zero-order chi connectivity index (χ0) is 40.5. The lowest BCUT2D eigenvalue weighted by molar-refractivity contribution is -0.161. The second-order valence-corrected chi connectivity index (χ2v) is 15.2. The van der Waals surface area contributed by atoms with Crippen molar-refractivity contribution in [1.29, 1.82) is 0 Å². The van der Waals surface area contributed by atoms with Gasteiger partial charge in [-0.15, -0.1) is 0 Å². The van der Waals surface area contributed by atoms with Gasteiger partial charge in [-0.1, -0.05) is 131 Å². The summed E-state index contributed by atoms with van der Waals surface area (Å²) in [6, 6.07) is 0. The Labute approximate surface area is 335 Å². The van der Waals surface area contributed by atoms with Crippen molar-refractivity contribution in [1.82, 2.24) is 4.90 Å². The number of carbonyl (C=O) groups excluding carboxylic acids is 2. The molecular weight excluding hydrogens is 713 g/mol. The largest absolute Gasteiger partial charge is 0.472 e. The predicted octanol–water partition coefficient (Wildman–Crippen LogP) is 11.9. The summed E-state index contributed by atoms with van der Waals surface area (Å²) in [5, 5.41) is 0. The summed E-state index contributed by atoms with van der Waals surface area (Å²) in [5.41, 5.74) is 0. The number of rotatable bonds is 37. The number of nitrogens with zero attached hydrogens (tertiary/aromatic N) is 1. The Morgan fingerprint density at radius 3 is 1.60 bits per heavy atom. The lowest BCUT2D eigenvalue weighted by Gasteiger charge is -2.20. The van der Waals surface area contributed by atoms with Crippen LogP contribution in [-0.4, -0.2) is 68.3 Å². The van der Waals surface area contributed by atoms with E-state index in [1.807, 2.05) is 20.2 Å². The minimum absolute atomic E-state index is 0.0131. The Kier molecular flexibility index (Phi) is 37.4. The van der Waals surface area contributed by atoms with Gasteiger partial charge in [-0.3, -0.25) is 18.6 Å². The van der Waals surface area contributed by atoms with Crippen LogP contribution in [0.25, 0.3) is 0 Å². The van der Waals surface area contributed by atoms with Crippen LogP contribution < -0.4 is 0 Å². The van der Waals surface area contributed by atoms with E-state index in [-0.39, 0.29) is 26.1 Å². The van der Waals surface area contributed by atoms with Gasteiger partial charge in [-0.05, 0) is 97.6 Å². The minimum Gasteiger partial charge on any atom is -0.462 e. The fourth-order valence-electron chi connectivity index (χ4n) is 4.99. The molecule has 0 heterocycles. The molecule has 0 aromatic heterocycles. The van der Waals surface area contributed by atoms with Crippen LogP contribution in [0.1, 0.15) is 142 Å². The molecule has 0 spiro atoms. The van der Waals surface area contributed by atoms with Gasteiger partial charge in [0.2, 0.25) is 0 Å². The fourth-order valence-corrected chi connectivity index (χ4v) is 5.73. The molecule has 2 unspecified atom stereocenters. The van der Waals surface area contributed by atoms with Crippen LogP contribution in [0.2, 0.25) is 0 Å². The van der Waals surface area contributed by atoms with Crippen molar-refractivity contribution >= 4 is 19.8 Å². The number of hydrogen-bond acceptors (Lipinski definition) is 8. The number of phosphoric acid groups is 1. The van der Waals surface area contributed by atoms with Crippen LogP contribution in [0.4, 0.5) is 0 Å². The van der Waals surface area contributed by atoms with Gasteiger partial charge in [0, 0.05) is 19.4 Å². The molecule has 0 amide bonds. The van der Waals surface area contributed by atoms with Gasteiger partial charge in [0.25, 0.3) is 0 Å². The molecule has 0 saturated heterocycles. The maximum absolute atomic E-state index is 12.6. The third-order valence-corrected chi connectivity index (χ3v) is 9.17. The zero-order valence-electron chi connectivity index (χ0n) is 34.8. The van der Waals surface area contributed by atoms with E-state index in [1.165, 1.54) is 38.5 Å². The van der Waals surface area contributed by atoms with Crippen LogP contribution in [0.15, 0.2) is 85.1 Å². The minimum atomic E-state index is -4.39. The lowest BCUT2D eigenvalue weighted by atomic mass is 10.1. The first kappa shape index (κ1) is 52.2. The van der Waals surface area contributed by atoms with Gasteiger partial charge in [0.05, 0.1) is 13.2 Å². The molecule has 2 atom stereocenters. The number of carbonyl (C=O) groups is 2. The molecule has 0 saturated carbocycles. The van der Waals surface area contributed by atoms with Crippen LogP contribution in [0, 0.1) is 0 Å². The van der Waals surface area contributed by atoms with Gasteiger partial charge < -0.3 is 19.3 Å². The highest BCUT2D eigenvalue weighted by atomic mass is 31.2. The van der Waals surface area contributed by atoms with E-state index in [0.717, 1.165) is 57.8 Å². The summed E-state index contributed by atoms with van der Waals surface area (Å²) >= 11 is 0. The van der Waals surface area contributed by atoms with Crippen LogP contribution in [0.3, 0.4) is 0 Å². The monoisotopic (exact) mass is 790 g/mol. The van der Waals surface area contributed by atoms with Crippen molar-refractivity contribution in [2.45, 2.75) is 148 Å². The second kappa shape index (κ2) is 39.4. The normalized spacial score (nSPS) is 14.3. The van der Waals surface area contributed by atoms with Crippen LogP contribution in [0.5, 0.6) is 0 Å². The zero-order valence-corrected chi connectivity index (χ0v) is 35.7. The molecule has 0 fully saturated rings. The highest BCUT2D eigenvalue weighted by Crippen LogP contribution is 2.43. The number of likely N-dealkylation sites (N-methyl/N-ethyl adjacent to an activating group) is 1. The third kappa shape index (κ3) is 40.7. The molecule has 0 aliphatic rings. The van der Waals surface area contributed by atoms with E-state index in [4.69, 9.17) is 18.5 Å². The Hall–Kier alpha value is -2.81. The molecule has 9 nitrogen and oxygen atoms in total. The standard InChI is InChI=1S/C45H76NO8P/c1-5-7-9-11-13-15-17-19-21-22-24-26-28-30-32-34-36-38-45(48)54-43(42-53-55(49,50)52-40-39-46(3)4)41-51-44(47)37-35-33-31-29-27-25-23-20-18-16-14-12-10-8-6-2/h8,10,14,16,19-21,23-24,26-27,29-30,32,43H,5-7,9,11-13,15,17-18,22,25,28,31,33-42H2,1-4H3,(H,49,50)/b10-8-,16-14-,21-19-,23-20-,26-24-,29-27-,32-30-. The first-order chi connectivity index (χ1) is 26.7. The van der Waals surface area contributed by atoms with E-state index in [2.05, 4.69) is 92.8 Å². The summed E-state index contributed by atoms with van der Waals surface area (Å²) in [4.78, 5) is 36.9. The number of unbranched alkanes of at least 4 members (excludes halogenated alkanes) is 9. The third-order valence-electron chi connectivity index (χ3n) is 8.19. The Balaban J connectivity index is 4.50. The van der Waals surface area contributed by atoms with Crippen molar-refractivity contribution < 1.29 is 37.6 Å². The quantitative estimate of drug-likeness (QED) is 0.0284. The number of esters is 2. The highest BCUT2D eigenvalue weighted by Gasteiger charge is 2.26. The first-order valence-corrected chi connectivity index (χ1v) is 22.4. The summed E-state index contributed by atoms with van der Waals surface area (Å²) in [7, 11) is -0.766. The molecular formula is C45H76NO8P. The van der Waals surface area contributed by atoms with E-state index in [9.17, 15) is 19.0 Å². The van der Waals surface area contributed by atoms with Crippen molar-refractivity contribution in [3.63, 3.8) is 0 Å². The second-order valence-electron chi connectivity index (χ2n) is 13.8. The molecule has 10 heteroatoms. The van der Waals surface area contributed by atoms with Crippen LogP contribution in [-0.2, 0) is 32.7 Å². The maximum Gasteiger partial charge on any atom is 0.472 e. The van der Waals surface area contributed by atoms with Gasteiger partial charge in [0.1, 0.15) is 6.61 Å². The number of allylic oxidation sites excluding steroid dienone is 14. The lowest BCUT2D eigenvalue weighted by Crippen LogP contribution is -2.29. The van der Waals surface area contributed by atoms with E-state index >= 15 is 0 Å². The summed E-state index contributed by atoms with van der Waals surface area (Å²) in [5.74, 6) is -0.922. The van der Waals surface area contributed by atoms with Gasteiger partial charge in [-0.25, -0.2) is 4.57 Å². The fraction of sp³-hybridized carbons (Fsp3) is 0.644. The van der Waals surface area contributed by atoms with Crippen molar-refractivity contribution in [3.05, 3.63) is 85.1 Å².